The average molecular weight is 298 g/mol. The topological polar surface area (TPSA) is 6.48 Å². The molecule has 4 atom stereocenters. The Kier molecular flexibility index (Phi) is 4.00. The first-order valence-electron chi connectivity index (χ1n) is 9.25. The van der Waals surface area contributed by atoms with Crippen LogP contribution in [0.1, 0.15) is 43.7 Å². The van der Waals surface area contributed by atoms with Gasteiger partial charge in [-0.25, -0.2) is 0 Å². The molecule has 2 aliphatic carbocycles. The van der Waals surface area contributed by atoms with Gasteiger partial charge in [0.15, 0.2) is 0 Å². The third-order valence-corrected chi connectivity index (χ3v) is 6.09. The number of hydrogen-bond donors (Lipinski definition) is 0. The van der Waals surface area contributed by atoms with Gasteiger partial charge in [-0.2, -0.15) is 0 Å². The van der Waals surface area contributed by atoms with Crippen molar-refractivity contribution < 1.29 is 0 Å². The van der Waals surface area contributed by atoms with Gasteiger partial charge in [-0.1, -0.05) is 38.1 Å². The van der Waals surface area contributed by atoms with Crippen molar-refractivity contribution in [1.82, 2.24) is 9.80 Å². The number of rotatable bonds is 3. The molecular weight excluding hydrogens is 268 g/mol. The second kappa shape index (κ2) is 5.98. The van der Waals surface area contributed by atoms with Gasteiger partial charge in [0.1, 0.15) is 0 Å². The molecule has 1 heterocycles. The van der Waals surface area contributed by atoms with E-state index in [0.717, 1.165) is 23.8 Å². The van der Waals surface area contributed by atoms with Crippen LogP contribution in [0, 0.1) is 11.8 Å². The summed E-state index contributed by atoms with van der Waals surface area (Å²) >= 11 is 0. The van der Waals surface area contributed by atoms with E-state index < -0.39 is 0 Å². The van der Waals surface area contributed by atoms with Gasteiger partial charge in [-0.3, -0.25) is 4.90 Å². The third-order valence-electron chi connectivity index (χ3n) is 6.09. The molecule has 1 aromatic rings. The van der Waals surface area contributed by atoms with E-state index in [2.05, 4.69) is 47.9 Å². The molecule has 2 fully saturated rings. The van der Waals surface area contributed by atoms with Gasteiger partial charge in [0.25, 0.3) is 0 Å². The van der Waals surface area contributed by atoms with Crippen molar-refractivity contribution in [1.29, 1.82) is 0 Å². The zero-order chi connectivity index (χ0) is 15.1. The van der Waals surface area contributed by atoms with Gasteiger partial charge >= 0.3 is 0 Å². The van der Waals surface area contributed by atoms with Gasteiger partial charge in [-0.05, 0) is 48.1 Å². The minimum Gasteiger partial charge on any atom is -0.301 e. The molecule has 1 aromatic carbocycles. The van der Waals surface area contributed by atoms with Crippen LogP contribution in [-0.2, 0) is 6.42 Å². The Morgan fingerprint density at radius 1 is 1.09 bits per heavy atom. The van der Waals surface area contributed by atoms with Crippen LogP contribution in [0.15, 0.2) is 24.3 Å². The lowest BCUT2D eigenvalue weighted by Crippen LogP contribution is -2.34. The van der Waals surface area contributed by atoms with E-state index in [4.69, 9.17) is 0 Å². The summed E-state index contributed by atoms with van der Waals surface area (Å²) in [4.78, 5) is 5.53. The maximum Gasteiger partial charge on any atom is 0.0125 e. The average Bonchev–Trinajstić information content (AvgIpc) is 3.15. The van der Waals surface area contributed by atoms with E-state index in [1.807, 2.05) is 0 Å². The van der Waals surface area contributed by atoms with Gasteiger partial charge in [0.05, 0.1) is 0 Å². The third kappa shape index (κ3) is 2.96. The van der Waals surface area contributed by atoms with Crippen LogP contribution in [0.4, 0.5) is 0 Å². The Morgan fingerprint density at radius 3 is 2.73 bits per heavy atom. The summed E-state index contributed by atoms with van der Waals surface area (Å²) in [6.07, 6.45) is 4.08. The van der Waals surface area contributed by atoms with Crippen molar-refractivity contribution in [2.75, 3.05) is 32.7 Å². The summed E-state index contributed by atoms with van der Waals surface area (Å²) in [5.74, 6) is 2.53. The molecule has 0 amide bonds. The zero-order valence-electron chi connectivity index (χ0n) is 14.2. The molecule has 0 aromatic heterocycles. The fourth-order valence-corrected chi connectivity index (χ4v) is 4.78. The molecule has 4 rings (SSSR count). The lowest BCUT2D eigenvalue weighted by Gasteiger charge is -2.25. The van der Waals surface area contributed by atoms with Crippen LogP contribution >= 0.6 is 0 Å². The molecule has 2 heteroatoms. The Morgan fingerprint density at radius 2 is 1.91 bits per heavy atom. The predicted molar refractivity (Wildman–Crippen MR) is 92.3 cm³/mol. The predicted octanol–water partition coefficient (Wildman–Crippen LogP) is 3.38. The Labute approximate surface area is 135 Å². The summed E-state index contributed by atoms with van der Waals surface area (Å²) < 4.78 is 0. The number of fused-ring (bicyclic) bond motifs is 1. The van der Waals surface area contributed by atoms with Crippen LogP contribution < -0.4 is 0 Å². The monoisotopic (exact) mass is 298 g/mol. The summed E-state index contributed by atoms with van der Waals surface area (Å²) in [6.45, 7) is 11.3. The lowest BCUT2D eigenvalue weighted by atomic mass is 10.0. The second-order valence-electron chi connectivity index (χ2n) is 8.07. The fraction of sp³-hybridized carbons (Fsp3) is 0.700. The standard InChI is InChI=1S/C20H30N2/c1-15-12-21(9-10-22(13-15)20-11-16(20)2)14-18-8-7-17-5-3-4-6-19(17)18/h3-6,15-16,18,20H,7-14H2,1-2H3. The normalized spacial score (nSPS) is 36.1. The fourth-order valence-electron chi connectivity index (χ4n) is 4.78. The van der Waals surface area contributed by atoms with Gasteiger partial charge < -0.3 is 4.90 Å². The molecule has 0 N–H and O–H groups in total. The molecule has 1 saturated carbocycles. The summed E-state index contributed by atoms with van der Waals surface area (Å²) in [5.41, 5.74) is 3.23. The van der Waals surface area contributed by atoms with Crippen LogP contribution in [0.25, 0.3) is 0 Å². The summed E-state index contributed by atoms with van der Waals surface area (Å²) in [6, 6.07) is 10.0. The van der Waals surface area contributed by atoms with E-state index in [-0.39, 0.29) is 0 Å². The minimum atomic E-state index is 0.773. The molecule has 0 bridgehead atoms. The highest BCUT2D eigenvalue weighted by Gasteiger charge is 2.39. The van der Waals surface area contributed by atoms with Crippen molar-refractivity contribution >= 4 is 0 Å². The summed E-state index contributed by atoms with van der Waals surface area (Å²) in [5, 5.41) is 0. The first-order valence-corrected chi connectivity index (χ1v) is 9.25. The van der Waals surface area contributed by atoms with Crippen molar-refractivity contribution in [3.05, 3.63) is 35.4 Å². The van der Waals surface area contributed by atoms with E-state index in [1.165, 1.54) is 52.0 Å². The van der Waals surface area contributed by atoms with Gasteiger partial charge in [-0.15, -0.1) is 0 Å². The van der Waals surface area contributed by atoms with Crippen molar-refractivity contribution in [3.8, 4) is 0 Å². The van der Waals surface area contributed by atoms with Gasteiger partial charge in [0.2, 0.25) is 0 Å². The van der Waals surface area contributed by atoms with E-state index in [1.54, 1.807) is 11.1 Å². The molecule has 0 spiro atoms. The maximum atomic E-state index is 2.78. The van der Waals surface area contributed by atoms with Crippen LogP contribution in [-0.4, -0.2) is 48.6 Å². The Bertz CT molecular complexity index is 526. The maximum absolute atomic E-state index is 2.78. The smallest absolute Gasteiger partial charge is 0.0125 e. The van der Waals surface area contributed by atoms with Crippen molar-refractivity contribution in [2.24, 2.45) is 11.8 Å². The number of benzene rings is 1. The highest BCUT2D eigenvalue weighted by atomic mass is 15.3. The molecule has 3 aliphatic rings. The first kappa shape index (κ1) is 14.7. The minimum absolute atomic E-state index is 0.773. The molecule has 120 valence electrons. The molecular formula is C20H30N2. The highest BCUT2D eigenvalue weighted by Crippen LogP contribution is 2.37. The molecule has 22 heavy (non-hydrogen) atoms. The van der Waals surface area contributed by atoms with Crippen LogP contribution in [0.5, 0.6) is 0 Å². The highest BCUT2D eigenvalue weighted by molar-refractivity contribution is 5.35. The molecule has 0 radical (unpaired) electrons. The largest absolute Gasteiger partial charge is 0.301 e. The second-order valence-corrected chi connectivity index (χ2v) is 8.07. The summed E-state index contributed by atoms with van der Waals surface area (Å²) in [7, 11) is 0. The molecule has 1 saturated heterocycles. The number of nitrogens with zero attached hydrogens (tertiary/aromatic N) is 2. The van der Waals surface area contributed by atoms with Crippen LogP contribution in [0.2, 0.25) is 0 Å². The lowest BCUT2D eigenvalue weighted by molar-refractivity contribution is 0.236. The zero-order valence-corrected chi connectivity index (χ0v) is 14.2. The first-order chi connectivity index (χ1) is 10.7. The van der Waals surface area contributed by atoms with Crippen molar-refractivity contribution in [3.63, 3.8) is 0 Å². The van der Waals surface area contributed by atoms with Gasteiger partial charge in [0, 0.05) is 38.8 Å². The van der Waals surface area contributed by atoms with Crippen molar-refractivity contribution in [2.45, 2.75) is 45.1 Å². The van der Waals surface area contributed by atoms with E-state index in [0.29, 0.717) is 0 Å². The SMILES string of the molecule is CC1CN(CC2CCc3ccccc32)CCN(C2CC2C)C1. The van der Waals surface area contributed by atoms with E-state index >= 15 is 0 Å². The number of hydrogen-bond acceptors (Lipinski definition) is 2. The molecule has 1 aliphatic heterocycles. The Balaban J connectivity index is 1.39. The van der Waals surface area contributed by atoms with E-state index in [9.17, 15) is 0 Å². The quantitative estimate of drug-likeness (QED) is 0.844. The molecule has 2 nitrogen and oxygen atoms in total. The number of aryl methyl sites for hydroxylation is 1. The molecule has 4 unspecified atom stereocenters. The van der Waals surface area contributed by atoms with Crippen LogP contribution in [0.3, 0.4) is 0 Å². The Hall–Kier alpha value is -0.860.